The van der Waals surface area contributed by atoms with Crippen LogP contribution in [0, 0.1) is 0 Å². The Hall–Kier alpha value is -2.93. The maximum absolute atomic E-state index is 11.9. The summed E-state index contributed by atoms with van der Waals surface area (Å²) in [7, 11) is 3.25. The molecule has 0 saturated carbocycles. The third-order valence-electron chi connectivity index (χ3n) is 3.72. The molecular formula is C18H20N4O3. The van der Waals surface area contributed by atoms with Gasteiger partial charge in [-0.3, -0.25) is 4.79 Å². The van der Waals surface area contributed by atoms with Crippen molar-refractivity contribution in [3.8, 4) is 11.4 Å². The minimum Gasteiger partial charge on any atom is -0.497 e. The highest BCUT2D eigenvalue weighted by Crippen LogP contribution is 2.19. The summed E-state index contributed by atoms with van der Waals surface area (Å²) in [5, 5.41) is 11.8. The number of carbonyl (C=O) groups is 1. The summed E-state index contributed by atoms with van der Waals surface area (Å²) >= 11 is 0. The van der Waals surface area contributed by atoms with Crippen LogP contribution in [-0.4, -0.2) is 41.7 Å². The van der Waals surface area contributed by atoms with Crippen LogP contribution in [0.3, 0.4) is 0 Å². The van der Waals surface area contributed by atoms with Crippen molar-refractivity contribution in [1.82, 2.24) is 15.0 Å². The quantitative estimate of drug-likeness (QED) is 0.669. The van der Waals surface area contributed by atoms with Crippen LogP contribution in [0.1, 0.15) is 12.8 Å². The molecule has 0 aliphatic carbocycles. The number of methoxy groups -OCH3 is 2. The standard InChI is InChI=1S/C18H20N4O3/c1-24-11-3-4-18(23)19-13-5-10-16-17(12-13)21-22(20-16)14-6-8-15(25-2)9-7-14/h5-10,12H,3-4,11H2,1-2H3,(H,19,23). The zero-order valence-electron chi connectivity index (χ0n) is 14.2. The van der Waals surface area contributed by atoms with E-state index < -0.39 is 0 Å². The van der Waals surface area contributed by atoms with Crippen molar-refractivity contribution < 1.29 is 14.3 Å². The molecule has 0 unspecified atom stereocenters. The predicted octanol–water partition coefficient (Wildman–Crippen LogP) is 2.79. The lowest BCUT2D eigenvalue weighted by atomic mass is 10.2. The molecule has 0 saturated heterocycles. The first-order valence-corrected chi connectivity index (χ1v) is 8.00. The normalized spacial score (nSPS) is 10.8. The molecule has 0 radical (unpaired) electrons. The largest absolute Gasteiger partial charge is 0.497 e. The topological polar surface area (TPSA) is 78.3 Å². The monoisotopic (exact) mass is 340 g/mol. The van der Waals surface area contributed by atoms with Gasteiger partial charge in [-0.1, -0.05) is 0 Å². The molecule has 3 rings (SSSR count). The summed E-state index contributed by atoms with van der Waals surface area (Å²) in [5.74, 6) is 0.734. The fourth-order valence-corrected chi connectivity index (χ4v) is 2.42. The Morgan fingerprint density at radius 1 is 1.08 bits per heavy atom. The van der Waals surface area contributed by atoms with E-state index in [4.69, 9.17) is 9.47 Å². The molecule has 130 valence electrons. The number of amides is 1. The Bertz CT molecular complexity index is 858. The zero-order chi connectivity index (χ0) is 17.6. The van der Waals surface area contributed by atoms with Crippen LogP contribution < -0.4 is 10.1 Å². The van der Waals surface area contributed by atoms with Crippen molar-refractivity contribution >= 4 is 22.6 Å². The average Bonchev–Trinajstić information content (AvgIpc) is 3.05. The van der Waals surface area contributed by atoms with E-state index in [-0.39, 0.29) is 5.91 Å². The van der Waals surface area contributed by atoms with Crippen molar-refractivity contribution in [3.05, 3.63) is 42.5 Å². The highest BCUT2D eigenvalue weighted by Gasteiger charge is 2.08. The molecule has 3 aromatic rings. The van der Waals surface area contributed by atoms with Crippen LogP contribution in [-0.2, 0) is 9.53 Å². The lowest BCUT2D eigenvalue weighted by Crippen LogP contribution is -2.11. The molecule has 1 heterocycles. The molecular weight excluding hydrogens is 320 g/mol. The summed E-state index contributed by atoms with van der Waals surface area (Å²) in [6.45, 7) is 0.572. The Kier molecular flexibility index (Phi) is 5.25. The molecule has 25 heavy (non-hydrogen) atoms. The Labute approximate surface area is 145 Å². The average molecular weight is 340 g/mol. The number of nitrogens with zero attached hydrogens (tertiary/aromatic N) is 3. The van der Waals surface area contributed by atoms with E-state index in [0.29, 0.717) is 30.7 Å². The predicted molar refractivity (Wildman–Crippen MR) is 95.2 cm³/mol. The van der Waals surface area contributed by atoms with Crippen LogP contribution in [0.15, 0.2) is 42.5 Å². The molecule has 0 spiro atoms. The van der Waals surface area contributed by atoms with Gasteiger partial charge in [0.2, 0.25) is 5.91 Å². The van der Waals surface area contributed by atoms with Gasteiger partial charge < -0.3 is 14.8 Å². The molecule has 0 atom stereocenters. The van der Waals surface area contributed by atoms with Gasteiger partial charge in [0.25, 0.3) is 0 Å². The molecule has 1 aromatic heterocycles. The van der Waals surface area contributed by atoms with E-state index in [1.54, 1.807) is 19.0 Å². The van der Waals surface area contributed by atoms with Crippen molar-refractivity contribution in [3.63, 3.8) is 0 Å². The molecule has 1 N–H and O–H groups in total. The molecule has 0 fully saturated rings. The second kappa shape index (κ2) is 7.76. The summed E-state index contributed by atoms with van der Waals surface area (Å²) < 4.78 is 10.1. The van der Waals surface area contributed by atoms with Crippen LogP contribution in [0.5, 0.6) is 5.75 Å². The first-order chi connectivity index (χ1) is 12.2. The number of carbonyl (C=O) groups excluding carboxylic acids is 1. The van der Waals surface area contributed by atoms with Gasteiger partial charge in [-0.2, -0.15) is 4.80 Å². The number of ether oxygens (including phenoxy) is 2. The van der Waals surface area contributed by atoms with Gasteiger partial charge in [0.05, 0.1) is 12.8 Å². The van der Waals surface area contributed by atoms with E-state index in [9.17, 15) is 4.79 Å². The van der Waals surface area contributed by atoms with Crippen LogP contribution in [0.4, 0.5) is 5.69 Å². The zero-order valence-corrected chi connectivity index (χ0v) is 14.2. The van der Waals surface area contributed by atoms with Gasteiger partial charge in [-0.05, 0) is 48.9 Å². The van der Waals surface area contributed by atoms with Crippen molar-refractivity contribution in [1.29, 1.82) is 0 Å². The number of fused-ring (bicyclic) bond motifs is 1. The maximum atomic E-state index is 11.9. The maximum Gasteiger partial charge on any atom is 0.224 e. The first-order valence-electron chi connectivity index (χ1n) is 8.00. The van der Waals surface area contributed by atoms with Gasteiger partial charge in [0, 0.05) is 25.8 Å². The van der Waals surface area contributed by atoms with E-state index >= 15 is 0 Å². The summed E-state index contributed by atoms with van der Waals surface area (Å²) in [4.78, 5) is 13.5. The third kappa shape index (κ3) is 4.13. The van der Waals surface area contributed by atoms with Crippen molar-refractivity contribution in [2.24, 2.45) is 0 Å². The molecule has 1 amide bonds. The van der Waals surface area contributed by atoms with Gasteiger partial charge in [0.1, 0.15) is 16.8 Å². The SMILES string of the molecule is COCCCC(=O)Nc1ccc2nn(-c3ccc(OC)cc3)nc2c1. The number of anilines is 1. The number of aromatic nitrogens is 3. The van der Waals surface area contributed by atoms with E-state index in [1.165, 1.54) is 0 Å². The third-order valence-corrected chi connectivity index (χ3v) is 3.72. The summed E-state index contributed by atoms with van der Waals surface area (Å²) in [6, 6.07) is 13.0. The highest BCUT2D eigenvalue weighted by molar-refractivity contribution is 5.92. The number of benzene rings is 2. The van der Waals surface area contributed by atoms with Crippen molar-refractivity contribution in [2.75, 3.05) is 26.1 Å². The summed E-state index contributed by atoms with van der Waals surface area (Å²) in [5.41, 5.74) is 3.01. The Morgan fingerprint density at radius 3 is 2.56 bits per heavy atom. The van der Waals surface area contributed by atoms with E-state index in [0.717, 1.165) is 17.0 Å². The molecule has 0 aliphatic rings. The molecule has 2 aromatic carbocycles. The number of nitrogens with one attached hydrogen (secondary N) is 1. The lowest BCUT2D eigenvalue weighted by Gasteiger charge is -2.04. The van der Waals surface area contributed by atoms with Gasteiger partial charge in [-0.15, -0.1) is 10.2 Å². The van der Waals surface area contributed by atoms with Gasteiger partial charge >= 0.3 is 0 Å². The Morgan fingerprint density at radius 2 is 1.84 bits per heavy atom. The van der Waals surface area contributed by atoms with Crippen LogP contribution >= 0.6 is 0 Å². The van der Waals surface area contributed by atoms with Crippen molar-refractivity contribution in [2.45, 2.75) is 12.8 Å². The summed E-state index contributed by atoms with van der Waals surface area (Å²) in [6.07, 6.45) is 1.11. The highest BCUT2D eigenvalue weighted by atomic mass is 16.5. The number of hydrogen-bond donors (Lipinski definition) is 1. The second-order valence-electron chi connectivity index (χ2n) is 5.54. The van der Waals surface area contributed by atoms with E-state index in [1.807, 2.05) is 42.5 Å². The second-order valence-corrected chi connectivity index (χ2v) is 5.54. The van der Waals surface area contributed by atoms with Crippen LogP contribution in [0.25, 0.3) is 16.7 Å². The fraction of sp³-hybridized carbons (Fsp3) is 0.278. The molecule has 0 bridgehead atoms. The minimum absolute atomic E-state index is 0.0426. The Balaban J connectivity index is 1.75. The smallest absolute Gasteiger partial charge is 0.224 e. The van der Waals surface area contributed by atoms with Crippen LogP contribution in [0.2, 0.25) is 0 Å². The lowest BCUT2D eigenvalue weighted by molar-refractivity contribution is -0.116. The first kappa shape index (κ1) is 16.9. The molecule has 7 heteroatoms. The fourth-order valence-electron chi connectivity index (χ4n) is 2.42. The number of rotatable bonds is 7. The van der Waals surface area contributed by atoms with E-state index in [2.05, 4.69) is 15.5 Å². The molecule has 0 aliphatic heterocycles. The number of hydrogen-bond acceptors (Lipinski definition) is 5. The minimum atomic E-state index is -0.0426. The molecule has 7 nitrogen and oxygen atoms in total. The van der Waals surface area contributed by atoms with Gasteiger partial charge in [0.15, 0.2) is 0 Å². The van der Waals surface area contributed by atoms with Gasteiger partial charge in [-0.25, -0.2) is 0 Å².